The number of carbonyl (C=O) groups excluding carboxylic acids is 1. The summed E-state index contributed by atoms with van der Waals surface area (Å²) in [5.41, 5.74) is 4.77. The third kappa shape index (κ3) is 4.04. The SMILES string of the molecule is O=C(c1cccnc1Cl)N1CCC(n2nc(-c3ccccc3)cc2-c2ccccc2)CC1. The Balaban J connectivity index is 1.41. The molecule has 0 atom stereocenters. The van der Waals surface area contributed by atoms with E-state index < -0.39 is 0 Å². The summed E-state index contributed by atoms with van der Waals surface area (Å²) in [6.45, 7) is 1.31. The second-order valence-electron chi connectivity index (χ2n) is 7.96. The van der Waals surface area contributed by atoms with Gasteiger partial charge in [0, 0.05) is 24.8 Å². The van der Waals surface area contributed by atoms with E-state index in [4.69, 9.17) is 16.7 Å². The lowest BCUT2D eigenvalue weighted by Crippen LogP contribution is -2.39. The molecule has 0 unspecified atom stereocenters. The molecule has 0 radical (unpaired) electrons. The fourth-order valence-electron chi connectivity index (χ4n) is 4.28. The van der Waals surface area contributed by atoms with E-state index in [1.54, 1.807) is 18.3 Å². The van der Waals surface area contributed by atoms with Gasteiger partial charge in [-0.1, -0.05) is 72.3 Å². The summed E-state index contributed by atoms with van der Waals surface area (Å²) in [6, 6.07) is 26.5. The van der Waals surface area contributed by atoms with Gasteiger partial charge < -0.3 is 4.90 Å². The Morgan fingerprint density at radius 1 is 0.875 bits per heavy atom. The zero-order valence-electron chi connectivity index (χ0n) is 17.6. The van der Waals surface area contributed by atoms with E-state index in [9.17, 15) is 4.79 Å². The summed E-state index contributed by atoms with van der Waals surface area (Å²) < 4.78 is 2.15. The quantitative estimate of drug-likeness (QED) is 0.378. The lowest BCUT2D eigenvalue weighted by Gasteiger charge is -2.33. The van der Waals surface area contributed by atoms with Crippen molar-refractivity contribution in [1.29, 1.82) is 0 Å². The minimum Gasteiger partial charge on any atom is -0.338 e. The zero-order valence-corrected chi connectivity index (χ0v) is 18.3. The molecule has 4 aromatic rings. The van der Waals surface area contributed by atoms with Crippen molar-refractivity contribution in [2.24, 2.45) is 0 Å². The Kier molecular flexibility index (Phi) is 5.73. The Hall–Kier alpha value is -3.44. The highest BCUT2D eigenvalue weighted by atomic mass is 35.5. The Bertz CT molecular complexity index is 1220. The molecule has 1 aliphatic heterocycles. The average Bonchev–Trinajstić information content (AvgIpc) is 3.31. The van der Waals surface area contributed by atoms with Crippen LogP contribution in [0.2, 0.25) is 5.15 Å². The number of amides is 1. The molecule has 0 saturated carbocycles. The number of aromatic nitrogens is 3. The number of halogens is 1. The smallest absolute Gasteiger partial charge is 0.256 e. The van der Waals surface area contributed by atoms with Crippen molar-refractivity contribution in [2.75, 3.05) is 13.1 Å². The predicted molar refractivity (Wildman–Crippen MR) is 127 cm³/mol. The van der Waals surface area contributed by atoms with E-state index in [1.165, 1.54) is 0 Å². The minimum absolute atomic E-state index is 0.0599. The number of benzene rings is 2. The normalized spacial score (nSPS) is 14.5. The summed E-state index contributed by atoms with van der Waals surface area (Å²) >= 11 is 6.14. The standard InChI is InChI=1S/C26H23ClN4O/c27-25-22(12-7-15-28-25)26(32)30-16-13-21(14-17-30)31-24(20-10-5-2-6-11-20)18-23(29-31)19-8-3-1-4-9-19/h1-12,15,18,21H,13-14,16-17H2. The van der Waals surface area contributed by atoms with Crippen molar-refractivity contribution in [3.63, 3.8) is 0 Å². The number of hydrogen-bond acceptors (Lipinski definition) is 3. The van der Waals surface area contributed by atoms with Gasteiger partial charge in [0.25, 0.3) is 5.91 Å². The summed E-state index contributed by atoms with van der Waals surface area (Å²) in [4.78, 5) is 18.8. The molecule has 32 heavy (non-hydrogen) atoms. The van der Waals surface area contributed by atoms with Crippen molar-refractivity contribution >= 4 is 17.5 Å². The number of piperidine rings is 1. The molecule has 2 aromatic heterocycles. The van der Waals surface area contributed by atoms with E-state index in [2.05, 4.69) is 40.0 Å². The third-order valence-corrected chi connectivity index (χ3v) is 6.26. The van der Waals surface area contributed by atoms with Crippen LogP contribution in [0.15, 0.2) is 85.1 Å². The van der Waals surface area contributed by atoms with Crippen LogP contribution >= 0.6 is 11.6 Å². The molecule has 0 N–H and O–H groups in total. The van der Waals surface area contributed by atoms with Crippen LogP contribution in [0.4, 0.5) is 0 Å². The predicted octanol–water partition coefficient (Wildman–Crippen LogP) is 5.74. The van der Waals surface area contributed by atoms with Crippen molar-refractivity contribution < 1.29 is 4.79 Å². The lowest BCUT2D eigenvalue weighted by molar-refractivity contribution is 0.0690. The number of likely N-dealkylation sites (tertiary alicyclic amines) is 1. The Morgan fingerprint density at radius 2 is 1.53 bits per heavy atom. The second kappa shape index (κ2) is 8.97. The maximum Gasteiger partial charge on any atom is 0.256 e. The molecule has 0 spiro atoms. The van der Waals surface area contributed by atoms with Crippen LogP contribution in [0.25, 0.3) is 22.5 Å². The van der Waals surface area contributed by atoms with Crippen LogP contribution in [0, 0.1) is 0 Å². The molecule has 5 rings (SSSR count). The van der Waals surface area contributed by atoms with Gasteiger partial charge in [0.05, 0.1) is 23.0 Å². The van der Waals surface area contributed by atoms with Crippen molar-refractivity contribution in [3.8, 4) is 22.5 Å². The minimum atomic E-state index is -0.0599. The van der Waals surface area contributed by atoms with Crippen LogP contribution in [-0.2, 0) is 0 Å². The number of carbonyl (C=O) groups is 1. The van der Waals surface area contributed by atoms with Crippen LogP contribution in [0.3, 0.4) is 0 Å². The van der Waals surface area contributed by atoms with Gasteiger partial charge in [-0.2, -0.15) is 5.10 Å². The molecular weight excluding hydrogens is 420 g/mol. The fourth-order valence-corrected chi connectivity index (χ4v) is 4.48. The first-order valence-corrected chi connectivity index (χ1v) is 11.2. The van der Waals surface area contributed by atoms with E-state index in [1.807, 2.05) is 41.3 Å². The molecule has 3 heterocycles. The number of pyridine rings is 1. The van der Waals surface area contributed by atoms with Gasteiger partial charge in [-0.05, 0) is 36.6 Å². The molecule has 6 heteroatoms. The Labute approximate surface area is 192 Å². The van der Waals surface area contributed by atoms with Gasteiger partial charge in [-0.15, -0.1) is 0 Å². The third-order valence-electron chi connectivity index (χ3n) is 5.96. The summed E-state index contributed by atoms with van der Waals surface area (Å²) in [5.74, 6) is -0.0599. The van der Waals surface area contributed by atoms with Crippen LogP contribution in [-0.4, -0.2) is 38.7 Å². The van der Waals surface area contributed by atoms with Gasteiger partial charge >= 0.3 is 0 Å². The molecule has 160 valence electrons. The van der Waals surface area contributed by atoms with Crippen molar-refractivity contribution in [2.45, 2.75) is 18.9 Å². The van der Waals surface area contributed by atoms with Crippen LogP contribution < -0.4 is 0 Å². The molecule has 0 aliphatic carbocycles. The highest BCUT2D eigenvalue weighted by Gasteiger charge is 2.28. The van der Waals surface area contributed by atoms with E-state index in [0.717, 1.165) is 35.4 Å². The molecule has 0 bridgehead atoms. The molecule has 1 saturated heterocycles. The molecule has 2 aromatic carbocycles. The molecule has 1 amide bonds. The topological polar surface area (TPSA) is 51.0 Å². The first-order chi connectivity index (χ1) is 15.7. The highest BCUT2D eigenvalue weighted by molar-refractivity contribution is 6.32. The van der Waals surface area contributed by atoms with Crippen molar-refractivity contribution in [1.82, 2.24) is 19.7 Å². The van der Waals surface area contributed by atoms with Gasteiger partial charge in [0.1, 0.15) is 5.15 Å². The molecule has 5 nitrogen and oxygen atoms in total. The average molecular weight is 443 g/mol. The van der Waals surface area contributed by atoms with Crippen LogP contribution in [0.5, 0.6) is 0 Å². The van der Waals surface area contributed by atoms with Gasteiger partial charge in [0.15, 0.2) is 0 Å². The second-order valence-corrected chi connectivity index (χ2v) is 8.31. The van der Waals surface area contributed by atoms with E-state index >= 15 is 0 Å². The summed E-state index contributed by atoms with van der Waals surface area (Å²) in [7, 11) is 0. The molecular formula is C26H23ClN4O. The first-order valence-electron chi connectivity index (χ1n) is 10.8. The number of nitrogens with zero attached hydrogens (tertiary/aromatic N) is 4. The van der Waals surface area contributed by atoms with E-state index in [-0.39, 0.29) is 17.1 Å². The first kappa shape index (κ1) is 20.5. The number of hydrogen-bond donors (Lipinski definition) is 0. The largest absolute Gasteiger partial charge is 0.338 e. The van der Waals surface area contributed by atoms with Gasteiger partial charge in [-0.3, -0.25) is 9.48 Å². The Morgan fingerprint density at radius 3 is 2.19 bits per heavy atom. The lowest BCUT2D eigenvalue weighted by atomic mass is 10.0. The highest BCUT2D eigenvalue weighted by Crippen LogP contribution is 2.33. The molecule has 1 fully saturated rings. The maximum absolute atomic E-state index is 12.9. The number of rotatable bonds is 4. The fraction of sp³-hybridized carbons (Fsp3) is 0.192. The maximum atomic E-state index is 12.9. The summed E-state index contributed by atoms with van der Waals surface area (Å²) in [5, 5.41) is 5.26. The zero-order chi connectivity index (χ0) is 21.9. The van der Waals surface area contributed by atoms with Gasteiger partial charge in [0.2, 0.25) is 0 Å². The van der Waals surface area contributed by atoms with Crippen LogP contribution in [0.1, 0.15) is 29.2 Å². The summed E-state index contributed by atoms with van der Waals surface area (Å²) in [6.07, 6.45) is 3.26. The van der Waals surface area contributed by atoms with Crippen molar-refractivity contribution in [3.05, 3.63) is 95.8 Å². The van der Waals surface area contributed by atoms with E-state index in [0.29, 0.717) is 18.7 Å². The monoisotopic (exact) mass is 442 g/mol. The van der Waals surface area contributed by atoms with Gasteiger partial charge in [-0.25, -0.2) is 4.98 Å². The molecule has 1 aliphatic rings.